The first kappa shape index (κ1) is 28.5. The molecule has 0 spiro atoms. The van der Waals surface area contributed by atoms with Crippen LogP contribution >= 0.6 is 11.6 Å². The molecule has 0 radical (unpaired) electrons. The second-order valence-electron chi connectivity index (χ2n) is 9.44. The van der Waals surface area contributed by atoms with Gasteiger partial charge in [-0.25, -0.2) is 4.79 Å². The summed E-state index contributed by atoms with van der Waals surface area (Å²) in [5.74, 6) is -12.3. The molecule has 0 saturated heterocycles. The van der Waals surface area contributed by atoms with Crippen LogP contribution < -0.4 is 5.32 Å². The zero-order valence-corrected chi connectivity index (χ0v) is 20.7. The first-order valence-electron chi connectivity index (χ1n) is 10.8. The fourth-order valence-corrected chi connectivity index (χ4v) is 3.76. The Bertz CT molecular complexity index is 1210. The normalized spacial score (nSPS) is 18.8. The maximum absolute atomic E-state index is 15.3. The fourth-order valence-electron chi connectivity index (χ4n) is 3.64. The van der Waals surface area contributed by atoms with E-state index in [1.807, 2.05) is 0 Å². The van der Waals surface area contributed by atoms with Gasteiger partial charge < -0.3 is 9.57 Å². The number of hydrogen-bond acceptors (Lipinski definition) is 4. The maximum atomic E-state index is 15.3. The van der Waals surface area contributed by atoms with Crippen LogP contribution in [0.4, 0.5) is 41.2 Å². The van der Waals surface area contributed by atoms with Gasteiger partial charge in [0.1, 0.15) is 5.60 Å². The molecule has 1 aliphatic heterocycles. The third kappa shape index (κ3) is 5.34. The number of hydrogen-bond donors (Lipinski definition) is 1. The highest BCUT2D eigenvalue weighted by atomic mass is 35.5. The van der Waals surface area contributed by atoms with E-state index >= 15 is 8.78 Å². The van der Waals surface area contributed by atoms with Gasteiger partial charge in [-0.1, -0.05) is 35.0 Å². The van der Waals surface area contributed by atoms with Crippen molar-refractivity contribution >= 4 is 29.1 Å². The van der Waals surface area contributed by atoms with Crippen LogP contribution in [0, 0.1) is 6.92 Å². The predicted octanol–water partition coefficient (Wildman–Crippen LogP) is 7.85. The van der Waals surface area contributed by atoms with Gasteiger partial charge >= 0.3 is 24.1 Å². The Balaban J connectivity index is 2.08. The molecule has 2 aromatic carbocycles. The molecule has 1 aliphatic rings. The van der Waals surface area contributed by atoms with E-state index in [4.69, 9.17) is 21.2 Å². The number of aryl methyl sites for hydroxylation is 1. The summed E-state index contributed by atoms with van der Waals surface area (Å²) in [5, 5.41) is 6.11. The van der Waals surface area contributed by atoms with Gasteiger partial charge in [-0.3, -0.25) is 5.32 Å². The molecule has 5 nitrogen and oxygen atoms in total. The molecule has 1 amide bonds. The van der Waals surface area contributed by atoms with Crippen molar-refractivity contribution in [2.75, 3.05) is 5.32 Å². The van der Waals surface area contributed by atoms with Gasteiger partial charge in [-0.2, -0.15) is 30.7 Å². The number of halogens is 8. The minimum absolute atomic E-state index is 0.0517. The van der Waals surface area contributed by atoms with E-state index in [0.717, 1.165) is 18.2 Å². The SMILES string of the molecule is Cc1cc(C2(C(F)(F)C(F)(F)C(F)(F)F)CC(c3ccc(Cl)cc3)=NO2)ccc1NC(=O)OC(C)(C)C. The molecule has 13 heteroatoms. The van der Waals surface area contributed by atoms with E-state index in [2.05, 4.69) is 10.5 Å². The lowest BCUT2D eigenvalue weighted by molar-refractivity contribution is -0.393. The van der Waals surface area contributed by atoms with Gasteiger partial charge in [0.05, 0.1) is 5.71 Å². The molecular formula is C24H22ClF7N2O3. The van der Waals surface area contributed by atoms with Crippen molar-refractivity contribution in [3.63, 3.8) is 0 Å². The highest BCUT2D eigenvalue weighted by Crippen LogP contribution is 2.59. The van der Waals surface area contributed by atoms with Gasteiger partial charge in [0.2, 0.25) is 5.60 Å². The Labute approximate surface area is 212 Å². The number of rotatable bonds is 5. The Hall–Kier alpha value is -3.02. The molecule has 0 fully saturated rings. The fraction of sp³-hybridized carbons (Fsp3) is 0.417. The lowest BCUT2D eigenvalue weighted by atomic mass is 9.78. The smallest absolute Gasteiger partial charge is 0.444 e. The quantitative estimate of drug-likeness (QED) is 0.383. The molecule has 1 N–H and O–H groups in total. The summed E-state index contributed by atoms with van der Waals surface area (Å²) in [5.41, 5.74) is -5.13. The van der Waals surface area contributed by atoms with Crippen molar-refractivity contribution in [3.8, 4) is 0 Å². The van der Waals surface area contributed by atoms with Gasteiger partial charge in [-0.05, 0) is 63.1 Å². The van der Waals surface area contributed by atoms with Gasteiger partial charge in [-0.15, -0.1) is 0 Å². The van der Waals surface area contributed by atoms with Crippen molar-refractivity contribution in [2.24, 2.45) is 5.16 Å². The van der Waals surface area contributed by atoms with Gasteiger partial charge in [0, 0.05) is 22.7 Å². The van der Waals surface area contributed by atoms with E-state index in [0.29, 0.717) is 0 Å². The summed E-state index contributed by atoms with van der Waals surface area (Å²) < 4.78 is 104. The van der Waals surface area contributed by atoms with E-state index in [-0.39, 0.29) is 27.5 Å². The van der Waals surface area contributed by atoms with Crippen molar-refractivity contribution in [3.05, 3.63) is 64.2 Å². The number of nitrogens with zero attached hydrogens (tertiary/aromatic N) is 1. The van der Waals surface area contributed by atoms with Crippen LogP contribution in [0.25, 0.3) is 0 Å². The molecule has 202 valence electrons. The third-order valence-corrected chi connectivity index (χ3v) is 5.74. The van der Waals surface area contributed by atoms with Crippen molar-refractivity contribution in [1.29, 1.82) is 0 Å². The number of carbonyl (C=O) groups is 1. The molecule has 0 bridgehead atoms. The standard InChI is InChI=1S/C24H22ClF7N2O3/c1-13-11-15(7-10-17(13)33-19(35)36-20(2,3)4)21(22(26,27)23(28,29)24(30,31)32)12-18(34-37-21)14-5-8-16(25)9-6-14/h5-11H,12H2,1-4H3,(H,33,35). The summed E-state index contributed by atoms with van der Waals surface area (Å²) in [6, 6.07) is 8.25. The van der Waals surface area contributed by atoms with Crippen LogP contribution in [0.3, 0.4) is 0 Å². The first-order chi connectivity index (χ1) is 16.8. The number of alkyl halides is 7. The Morgan fingerprint density at radius 3 is 2.14 bits per heavy atom. The Kier molecular flexibility index (Phi) is 7.23. The monoisotopic (exact) mass is 554 g/mol. The topological polar surface area (TPSA) is 59.9 Å². The predicted molar refractivity (Wildman–Crippen MR) is 122 cm³/mol. The Morgan fingerprint density at radius 1 is 1.03 bits per heavy atom. The third-order valence-electron chi connectivity index (χ3n) is 5.49. The van der Waals surface area contributed by atoms with Crippen LogP contribution in [-0.4, -0.2) is 35.4 Å². The van der Waals surface area contributed by atoms with Gasteiger partial charge in [0.25, 0.3) is 0 Å². The highest BCUT2D eigenvalue weighted by Gasteiger charge is 2.82. The maximum Gasteiger partial charge on any atom is 0.460 e. The molecule has 1 unspecified atom stereocenters. The minimum Gasteiger partial charge on any atom is -0.444 e. The molecule has 1 atom stereocenters. The van der Waals surface area contributed by atoms with Crippen LogP contribution in [-0.2, 0) is 15.2 Å². The van der Waals surface area contributed by atoms with Crippen LogP contribution in [0.1, 0.15) is 43.9 Å². The molecule has 3 rings (SSSR count). The summed E-state index contributed by atoms with van der Waals surface area (Å²) in [6.45, 7) is 6.14. The molecule has 37 heavy (non-hydrogen) atoms. The number of amides is 1. The minimum atomic E-state index is -6.59. The number of oxime groups is 1. The molecule has 0 saturated carbocycles. The second-order valence-corrected chi connectivity index (χ2v) is 9.88. The molecule has 0 aliphatic carbocycles. The zero-order chi connectivity index (χ0) is 28.0. The molecular weight excluding hydrogens is 533 g/mol. The highest BCUT2D eigenvalue weighted by molar-refractivity contribution is 6.30. The van der Waals surface area contributed by atoms with E-state index in [9.17, 15) is 26.7 Å². The second kappa shape index (κ2) is 9.38. The van der Waals surface area contributed by atoms with Crippen molar-refractivity contribution in [2.45, 2.75) is 63.3 Å². The van der Waals surface area contributed by atoms with Crippen LogP contribution in [0.5, 0.6) is 0 Å². The summed E-state index contributed by atoms with van der Waals surface area (Å²) >= 11 is 5.80. The summed E-state index contributed by atoms with van der Waals surface area (Å²) in [6.07, 6.45) is -8.60. The lowest BCUT2D eigenvalue weighted by Gasteiger charge is -2.39. The number of anilines is 1. The van der Waals surface area contributed by atoms with Crippen molar-refractivity contribution in [1.82, 2.24) is 0 Å². The number of carbonyl (C=O) groups excluding carboxylic acids is 1. The zero-order valence-electron chi connectivity index (χ0n) is 19.9. The first-order valence-corrected chi connectivity index (χ1v) is 11.1. The average Bonchev–Trinajstić information content (AvgIpc) is 3.20. The largest absolute Gasteiger partial charge is 0.460 e. The number of benzene rings is 2. The van der Waals surface area contributed by atoms with E-state index < -0.39 is 47.3 Å². The van der Waals surface area contributed by atoms with Crippen molar-refractivity contribution < 1.29 is 45.1 Å². The molecule has 1 heterocycles. The summed E-state index contributed by atoms with van der Waals surface area (Å²) in [7, 11) is 0. The average molecular weight is 555 g/mol. The molecule has 2 aromatic rings. The number of ether oxygens (including phenoxy) is 1. The Morgan fingerprint density at radius 2 is 1.62 bits per heavy atom. The van der Waals surface area contributed by atoms with E-state index in [1.54, 1.807) is 20.8 Å². The number of nitrogens with one attached hydrogen (secondary N) is 1. The van der Waals surface area contributed by atoms with Gasteiger partial charge in [0.15, 0.2) is 0 Å². The van der Waals surface area contributed by atoms with Crippen LogP contribution in [0.2, 0.25) is 5.02 Å². The van der Waals surface area contributed by atoms with Crippen LogP contribution in [0.15, 0.2) is 47.6 Å². The lowest BCUT2D eigenvalue weighted by Crippen LogP contribution is -2.62. The molecule has 0 aromatic heterocycles. The summed E-state index contributed by atoms with van der Waals surface area (Å²) in [4.78, 5) is 16.9. The van der Waals surface area contributed by atoms with E-state index in [1.165, 1.54) is 31.2 Å².